The Balaban J connectivity index is 2.10. The number of rotatable bonds is 3. The topological polar surface area (TPSA) is 47.9 Å². The minimum Gasteiger partial charge on any atom is -0.493 e. The van der Waals surface area contributed by atoms with Crippen LogP contribution in [0.15, 0.2) is 34.8 Å². The van der Waals surface area contributed by atoms with E-state index in [4.69, 9.17) is 25.8 Å². The van der Waals surface area contributed by atoms with Crippen LogP contribution in [0.3, 0.4) is 0 Å². The summed E-state index contributed by atoms with van der Waals surface area (Å²) in [7, 11) is 3.15. The molecule has 2 unspecified atom stereocenters. The van der Waals surface area contributed by atoms with E-state index >= 15 is 0 Å². The maximum absolute atomic E-state index is 10.1. The first kappa shape index (κ1) is 15.6. The number of hydrogen-bond donors (Lipinski definition) is 1. The van der Waals surface area contributed by atoms with Crippen LogP contribution in [0.1, 0.15) is 29.1 Å². The number of methoxy groups -OCH3 is 2. The van der Waals surface area contributed by atoms with Crippen molar-refractivity contribution in [2.45, 2.75) is 12.4 Å². The largest absolute Gasteiger partial charge is 0.493 e. The van der Waals surface area contributed by atoms with Crippen molar-refractivity contribution in [2.75, 3.05) is 14.2 Å². The minimum absolute atomic E-state index is 0.417. The number of benzene rings is 2. The second-order valence-corrected chi connectivity index (χ2v) is 6.17. The SMILES string of the molecule is COc1cc(C2OC(O)c3ccc(Cl)cc32)cc(Br)c1OC. The summed E-state index contributed by atoms with van der Waals surface area (Å²) in [5.74, 6) is 1.19. The highest BCUT2D eigenvalue weighted by Crippen LogP contribution is 2.46. The molecule has 2 aromatic carbocycles. The number of halogens is 2. The van der Waals surface area contributed by atoms with Crippen LogP contribution in [0.25, 0.3) is 0 Å². The fourth-order valence-electron chi connectivity index (χ4n) is 2.62. The fourth-order valence-corrected chi connectivity index (χ4v) is 3.42. The van der Waals surface area contributed by atoms with E-state index in [0.717, 1.165) is 21.2 Å². The van der Waals surface area contributed by atoms with Crippen LogP contribution in [0.5, 0.6) is 11.5 Å². The number of hydrogen-bond acceptors (Lipinski definition) is 4. The average molecular weight is 386 g/mol. The van der Waals surface area contributed by atoms with Gasteiger partial charge in [-0.3, -0.25) is 0 Å². The Labute approximate surface area is 141 Å². The van der Waals surface area contributed by atoms with Gasteiger partial charge in [0.15, 0.2) is 17.8 Å². The first-order chi connectivity index (χ1) is 10.5. The standard InChI is InChI=1S/C16H14BrClO4/c1-20-13-6-8(5-12(17)15(13)21-2)14-11-7-9(18)3-4-10(11)16(19)22-14/h3-7,14,16,19H,1-2H3. The van der Waals surface area contributed by atoms with E-state index in [2.05, 4.69) is 15.9 Å². The lowest BCUT2D eigenvalue weighted by Crippen LogP contribution is -2.02. The van der Waals surface area contributed by atoms with E-state index in [0.29, 0.717) is 16.5 Å². The second kappa shape index (κ2) is 6.08. The molecule has 0 amide bonds. The first-order valence-corrected chi connectivity index (χ1v) is 7.76. The zero-order chi connectivity index (χ0) is 15.9. The molecular weight excluding hydrogens is 372 g/mol. The predicted octanol–water partition coefficient (Wildman–Crippen LogP) is 4.23. The quantitative estimate of drug-likeness (QED) is 0.859. The molecule has 6 heteroatoms. The van der Waals surface area contributed by atoms with Crippen molar-refractivity contribution >= 4 is 27.5 Å². The number of ether oxygens (including phenoxy) is 3. The van der Waals surface area contributed by atoms with E-state index in [1.54, 1.807) is 26.4 Å². The Morgan fingerprint density at radius 3 is 2.59 bits per heavy atom. The Bertz CT molecular complexity index is 720. The van der Waals surface area contributed by atoms with Gasteiger partial charge in [0, 0.05) is 10.6 Å². The minimum atomic E-state index is -0.968. The normalized spacial score (nSPS) is 19.9. The number of fused-ring (bicyclic) bond motifs is 1. The fraction of sp³-hybridized carbons (Fsp3) is 0.250. The Morgan fingerprint density at radius 1 is 1.14 bits per heavy atom. The van der Waals surface area contributed by atoms with Crippen LogP contribution in [0.4, 0.5) is 0 Å². The molecule has 0 fully saturated rings. The average Bonchev–Trinajstić information content (AvgIpc) is 2.82. The third kappa shape index (κ3) is 2.58. The lowest BCUT2D eigenvalue weighted by atomic mass is 9.99. The van der Waals surface area contributed by atoms with Gasteiger partial charge >= 0.3 is 0 Å². The molecule has 1 aliphatic heterocycles. The Kier molecular flexibility index (Phi) is 4.32. The molecule has 0 radical (unpaired) electrons. The highest BCUT2D eigenvalue weighted by atomic mass is 79.9. The molecule has 0 aliphatic carbocycles. The van der Waals surface area contributed by atoms with Gasteiger partial charge in [0.1, 0.15) is 6.10 Å². The third-order valence-corrected chi connectivity index (χ3v) is 4.45. The zero-order valence-electron chi connectivity index (χ0n) is 12.0. The van der Waals surface area contributed by atoms with Gasteiger partial charge in [-0.1, -0.05) is 17.7 Å². The summed E-state index contributed by atoms with van der Waals surface area (Å²) in [6.45, 7) is 0. The van der Waals surface area contributed by atoms with E-state index in [1.807, 2.05) is 18.2 Å². The molecule has 0 saturated heterocycles. The molecule has 3 rings (SSSR count). The molecule has 116 valence electrons. The highest BCUT2D eigenvalue weighted by molar-refractivity contribution is 9.10. The van der Waals surface area contributed by atoms with Crippen molar-refractivity contribution in [2.24, 2.45) is 0 Å². The molecule has 2 aromatic rings. The van der Waals surface area contributed by atoms with Gasteiger partial charge < -0.3 is 19.3 Å². The Morgan fingerprint density at radius 2 is 1.91 bits per heavy atom. The lowest BCUT2D eigenvalue weighted by molar-refractivity contribution is -0.109. The van der Waals surface area contributed by atoms with E-state index in [1.165, 1.54) is 0 Å². The van der Waals surface area contributed by atoms with Gasteiger partial charge in [-0.05, 0) is 51.3 Å². The van der Waals surface area contributed by atoms with Gasteiger partial charge in [-0.2, -0.15) is 0 Å². The van der Waals surface area contributed by atoms with Gasteiger partial charge in [0.2, 0.25) is 0 Å². The van der Waals surface area contributed by atoms with Crippen molar-refractivity contribution in [3.8, 4) is 11.5 Å². The smallest absolute Gasteiger partial charge is 0.182 e. The molecule has 1 heterocycles. The second-order valence-electron chi connectivity index (χ2n) is 4.88. The van der Waals surface area contributed by atoms with Crippen LogP contribution in [0.2, 0.25) is 5.02 Å². The summed E-state index contributed by atoms with van der Waals surface area (Å²) in [5.41, 5.74) is 2.41. The summed E-state index contributed by atoms with van der Waals surface area (Å²) in [6, 6.07) is 9.03. The molecule has 0 bridgehead atoms. The molecule has 22 heavy (non-hydrogen) atoms. The first-order valence-electron chi connectivity index (χ1n) is 6.59. The van der Waals surface area contributed by atoms with Crippen LogP contribution in [-0.2, 0) is 4.74 Å². The van der Waals surface area contributed by atoms with Gasteiger partial charge in [0.05, 0.1) is 18.7 Å². The predicted molar refractivity (Wildman–Crippen MR) is 86.6 cm³/mol. The Hall–Kier alpha value is -1.27. The van der Waals surface area contributed by atoms with E-state index in [-0.39, 0.29) is 0 Å². The number of aliphatic hydroxyl groups is 1. The summed E-state index contributed by atoms with van der Waals surface area (Å²) >= 11 is 9.54. The molecule has 0 aromatic heterocycles. The van der Waals surface area contributed by atoms with Gasteiger partial charge in [-0.25, -0.2) is 0 Å². The maximum atomic E-state index is 10.1. The molecule has 0 saturated carbocycles. The van der Waals surface area contributed by atoms with Crippen molar-refractivity contribution in [1.82, 2.24) is 0 Å². The summed E-state index contributed by atoms with van der Waals surface area (Å²) in [6.07, 6.45) is -1.39. The zero-order valence-corrected chi connectivity index (χ0v) is 14.3. The van der Waals surface area contributed by atoms with Crippen molar-refractivity contribution in [3.05, 3.63) is 56.5 Å². The van der Waals surface area contributed by atoms with Gasteiger partial charge in [-0.15, -0.1) is 0 Å². The van der Waals surface area contributed by atoms with Crippen molar-refractivity contribution < 1.29 is 19.3 Å². The molecule has 4 nitrogen and oxygen atoms in total. The van der Waals surface area contributed by atoms with Crippen LogP contribution >= 0.6 is 27.5 Å². The third-order valence-electron chi connectivity index (χ3n) is 3.62. The van der Waals surface area contributed by atoms with E-state index < -0.39 is 12.4 Å². The lowest BCUT2D eigenvalue weighted by Gasteiger charge is -2.16. The molecular formula is C16H14BrClO4. The van der Waals surface area contributed by atoms with E-state index in [9.17, 15) is 5.11 Å². The summed E-state index contributed by atoms with van der Waals surface area (Å²) < 4.78 is 17.1. The van der Waals surface area contributed by atoms with Crippen LogP contribution in [-0.4, -0.2) is 19.3 Å². The highest BCUT2D eigenvalue weighted by Gasteiger charge is 2.32. The van der Waals surface area contributed by atoms with Crippen LogP contribution < -0.4 is 9.47 Å². The monoisotopic (exact) mass is 384 g/mol. The van der Waals surface area contributed by atoms with Crippen molar-refractivity contribution in [1.29, 1.82) is 0 Å². The van der Waals surface area contributed by atoms with Crippen molar-refractivity contribution in [3.63, 3.8) is 0 Å². The maximum Gasteiger partial charge on any atom is 0.182 e. The summed E-state index contributed by atoms with van der Waals surface area (Å²) in [4.78, 5) is 0. The molecule has 1 N–H and O–H groups in total. The molecule has 1 aliphatic rings. The molecule has 0 spiro atoms. The number of aliphatic hydroxyl groups excluding tert-OH is 1. The van der Waals surface area contributed by atoms with Gasteiger partial charge in [0.25, 0.3) is 0 Å². The van der Waals surface area contributed by atoms with Crippen LogP contribution in [0, 0.1) is 0 Å². The molecule has 2 atom stereocenters. The summed E-state index contributed by atoms with van der Waals surface area (Å²) in [5, 5.41) is 10.7.